The summed E-state index contributed by atoms with van der Waals surface area (Å²) < 4.78 is 28.1. The topological polar surface area (TPSA) is 115 Å². The Bertz CT molecular complexity index is 519. The molecule has 2 N–H and O–H groups in total. The summed E-state index contributed by atoms with van der Waals surface area (Å²) in [6.07, 6.45) is 21.8. The molecule has 0 rings (SSSR count). The molecule has 0 bridgehead atoms. The van der Waals surface area contributed by atoms with Crippen LogP contribution in [0.5, 0.6) is 0 Å². The number of quaternary nitrogens is 1. The summed E-state index contributed by atoms with van der Waals surface area (Å²) in [4.78, 5) is 10.3. The van der Waals surface area contributed by atoms with Crippen LogP contribution in [-0.4, -0.2) is 74.2 Å². The van der Waals surface area contributed by atoms with Gasteiger partial charge >= 0.3 is 5.97 Å². The standard InChI is InChI=1S/C18H34O2.C5H14NO.CH4O3S/c1-2-3-4-5-6-7-8-9-10-11-12-13-14-15-16-17-18(19)20;1-6(2,3)4-5-7;1-5(2,3)4/h9-10H,2-8,11-17H2,1H3,(H,19,20);7H,4-5H2,1-3H3;1H3,(H,2,3,4)/q;+1;/p-1. The summed E-state index contributed by atoms with van der Waals surface area (Å²) in [5, 5.41) is 16.9. The third-order valence-corrected chi connectivity index (χ3v) is 4.42. The van der Waals surface area contributed by atoms with Crippen LogP contribution in [0.25, 0.3) is 0 Å². The lowest BCUT2D eigenvalue weighted by Crippen LogP contribution is -2.36. The Balaban J connectivity index is -0.000000572. The number of carbonyl (C=O) groups is 1. The number of likely N-dealkylation sites (N-methyl/N-ethyl adjacent to an activating group) is 1. The highest BCUT2D eigenvalue weighted by Gasteiger charge is 2.02. The van der Waals surface area contributed by atoms with E-state index >= 15 is 0 Å². The predicted octanol–water partition coefficient (Wildman–Crippen LogP) is 4.95. The van der Waals surface area contributed by atoms with E-state index in [1.807, 2.05) is 0 Å². The highest BCUT2D eigenvalue weighted by Crippen LogP contribution is 2.09. The molecule has 0 saturated carbocycles. The van der Waals surface area contributed by atoms with Gasteiger partial charge < -0.3 is 19.2 Å². The summed E-state index contributed by atoms with van der Waals surface area (Å²) >= 11 is 0. The van der Waals surface area contributed by atoms with Crippen LogP contribution in [0.2, 0.25) is 0 Å². The van der Waals surface area contributed by atoms with Gasteiger partial charge in [0, 0.05) is 12.7 Å². The zero-order valence-corrected chi connectivity index (χ0v) is 22.2. The van der Waals surface area contributed by atoms with Crippen LogP contribution in [0.1, 0.15) is 96.8 Å². The zero-order chi connectivity index (χ0) is 25.3. The first-order valence-electron chi connectivity index (χ1n) is 12.0. The van der Waals surface area contributed by atoms with E-state index in [9.17, 15) is 4.79 Å². The van der Waals surface area contributed by atoms with E-state index in [4.69, 9.17) is 23.2 Å². The monoisotopic (exact) mass is 481 g/mol. The zero-order valence-electron chi connectivity index (χ0n) is 21.4. The highest BCUT2D eigenvalue weighted by molar-refractivity contribution is 7.84. The summed E-state index contributed by atoms with van der Waals surface area (Å²) in [5.74, 6) is -0.664. The molecule has 0 spiro atoms. The van der Waals surface area contributed by atoms with Crippen molar-refractivity contribution in [3.8, 4) is 0 Å². The van der Waals surface area contributed by atoms with Gasteiger partial charge in [-0.25, -0.2) is 8.42 Å². The normalized spacial score (nSPS) is 11.5. The van der Waals surface area contributed by atoms with Crippen LogP contribution >= 0.6 is 0 Å². The Morgan fingerprint density at radius 1 is 0.844 bits per heavy atom. The molecule has 8 heteroatoms. The molecule has 7 nitrogen and oxygen atoms in total. The van der Waals surface area contributed by atoms with Crippen LogP contribution in [0, 0.1) is 0 Å². The van der Waals surface area contributed by atoms with Crippen molar-refractivity contribution in [3.63, 3.8) is 0 Å². The second-order valence-corrected chi connectivity index (χ2v) is 10.6. The molecule has 0 heterocycles. The van der Waals surface area contributed by atoms with Crippen molar-refractivity contribution in [1.29, 1.82) is 0 Å². The van der Waals surface area contributed by atoms with Gasteiger partial charge in [0.25, 0.3) is 0 Å². The van der Waals surface area contributed by atoms with E-state index < -0.39 is 16.1 Å². The summed E-state index contributed by atoms with van der Waals surface area (Å²) in [6.45, 7) is 3.37. The largest absolute Gasteiger partial charge is 0.748 e. The first-order valence-corrected chi connectivity index (χ1v) is 13.8. The number of unbranched alkanes of at least 4 members (excludes halogenated alkanes) is 11. The summed E-state index contributed by atoms with van der Waals surface area (Å²) in [5.41, 5.74) is 0. The number of aliphatic hydroxyl groups excluding tert-OH is 1. The van der Waals surface area contributed by atoms with Gasteiger partial charge in [0.15, 0.2) is 0 Å². The van der Waals surface area contributed by atoms with Crippen LogP contribution in [-0.2, 0) is 14.9 Å². The Morgan fingerprint density at radius 3 is 1.53 bits per heavy atom. The minimum absolute atomic E-state index is 0.281. The van der Waals surface area contributed by atoms with Crippen molar-refractivity contribution in [3.05, 3.63) is 12.2 Å². The van der Waals surface area contributed by atoms with Crippen molar-refractivity contribution >= 4 is 16.1 Å². The van der Waals surface area contributed by atoms with Crippen LogP contribution in [0.4, 0.5) is 0 Å². The average molecular weight is 482 g/mol. The average Bonchev–Trinajstić information content (AvgIpc) is 2.63. The fourth-order valence-corrected chi connectivity index (χ4v) is 2.65. The molecule has 0 radical (unpaired) electrons. The molecule has 0 aliphatic carbocycles. The number of carboxylic acid groups (broad SMARTS) is 1. The van der Waals surface area contributed by atoms with Crippen molar-refractivity contribution in [2.45, 2.75) is 96.8 Å². The molecule has 0 aliphatic rings. The molecule has 0 atom stereocenters. The number of allylic oxidation sites excluding steroid dienone is 2. The summed E-state index contributed by atoms with van der Waals surface area (Å²) in [6, 6.07) is 0. The molecular formula is C24H51NO6S. The fourth-order valence-electron chi connectivity index (χ4n) is 2.65. The van der Waals surface area contributed by atoms with E-state index in [1.165, 1.54) is 70.6 Å². The first-order chi connectivity index (χ1) is 14.8. The maximum absolute atomic E-state index is 10.3. The Hall–Kier alpha value is -0.960. The van der Waals surface area contributed by atoms with Gasteiger partial charge in [-0.15, -0.1) is 0 Å². The van der Waals surface area contributed by atoms with Gasteiger partial charge in [-0.3, -0.25) is 4.79 Å². The molecule has 0 amide bonds. The quantitative estimate of drug-likeness (QED) is 0.131. The third kappa shape index (κ3) is 56.9. The van der Waals surface area contributed by atoms with Gasteiger partial charge in [-0.2, -0.15) is 0 Å². The Morgan fingerprint density at radius 2 is 1.22 bits per heavy atom. The molecule has 0 unspecified atom stereocenters. The number of carboxylic acids is 1. The van der Waals surface area contributed by atoms with Crippen molar-refractivity contribution in [2.75, 3.05) is 40.6 Å². The van der Waals surface area contributed by atoms with Crippen molar-refractivity contribution < 1.29 is 32.5 Å². The molecule has 0 aromatic rings. The van der Waals surface area contributed by atoms with E-state index in [2.05, 4.69) is 40.2 Å². The molecule has 0 saturated heterocycles. The number of hydrogen-bond donors (Lipinski definition) is 2. The lowest BCUT2D eigenvalue weighted by atomic mass is 10.1. The molecule has 32 heavy (non-hydrogen) atoms. The molecule has 0 aromatic carbocycles. The lowest BCUT2D eigenvalue weighted by Gasteiger charge is -2.21. The number of rotatable bonds is 17. The maximum Gasteiger partial charge on any atom is 0.303 e. The van der Waals surface area contributed by atoms with E-state index in [-0.39, 0.29) is 6.61 Å². The molecular weight excluding hydrogens is 430 g/mol. The third-order valence-electron chi connectivity index (χ3n) is 4.42. The second kappa shape index (κ2) is 24.7. The van der Waals surface area contributed by atoms with Gasteiger partial charge in [-0.1, -0.05) is 70.4 Å². The lowest BCUT2D eigenvalue weighted by molar-refractivity contribution is -0.870. The minimum atomic E-state index is -3.92. The van der Waals surface area contributed by atoms with Gasteiger partial charge in [0.05, 0.1) is 37.9 Å². The number of hydrogen-bond acceptors (Lipinski definition) is 5. The Kier molecular flexibility index (Phi) is 27.5. The smallest absolute Gasteiger partial charge is 0.303 e. The minimum Gasteiger partial charge on any atom is -0.748 e. The summed E-state index contributed by atoms with van der Waals surface area (Å²) in [7, 11) is 2.24. The molecule has 0 fully saturated rings. The molecule has 194 valence electrons. The van der Waals surface area contributed by atoms with Crippen molar-refractivity contribution in [2.24, 2.45) is 0 Å². The van der Waals surface area contributed by atoms with Crippen LogP contribution in [0.3, 0.4) is 0 Å². The van der Waals surface area contributed by atoms with E-state index in [0.717, 1.165) is 23.9 Å². The SMILES string of the molecule is CCCCCCCCC=CCCCCCCCC(=O)O.CS(=O)(=O)[O-].C[N+](C)(C)CCO. The van der Waals surface area contributed by atoms with E-state index in [0.29, 0.717) is 12.7 Å². The van der Waals surface area contributed by atoms with Gasteiger partial charge in [0.1, 0.15) is 6.54 Å². The Labute approximate surface area is 198 Å². The fraction of sp³-hybridized carbons (Fsp3) is 0.875. The van der Waals surface area contributed by atoms with Crippen LogP contribution in [0.15, 0.2) is 12.2 Å². The molecule has 0 aliphatic heterocycles. The number of aliphatic carboxylic acids is 1. The first kappa shape index (κ1) is 35.6. The predicted molar refractivity (Wildman–Crippen MR) is 133 cm³/mol. The van der Waals surface area contributed by atoms with Gasteiger partial charge in [0.2, 0.25) is 0 Å². The van der Waals surface area contributed by atoms with Gasteiger partial charge in [-0.05, 0) is 32.1 Å². The van der Waals surface area contributed by atoms with Crippen LogP contribution < -0.4 is 0 Å². The number of aliphatic hydroxyl groups is 1. The maximum atomic E-state index is 10.3. The van der Waals surface area contributed by atoms with E-state index in [1.54, 1.807) is 0 Å². The van der Waals surface area contributed by atoms with Crippen molar-refractivity contribution in [1.82, 2.24) is 0 Å². The second-order valence-electron chi connectivity index (χ2n) is 9.17. The number of nitrogens with zero attached hydrogens (tertiary/aromatic N) is 1. The highest BCUT2D eigenvalue weighted by atomic mass is 32.2. The molecule has 0 aromatic heterocycles.